The number of β-amino-alcohol motifs (C(OH)–C–C–N with tert-alkyl or cyclic N) is 1. The number of nitrogens with one attached hydrogen (secondary N) is 1. The SMILES string of the molecule is O[C@H]1CN[C@@H](c2nc(C3(c4ccccc4)CC3)no2)C1. The van der Waals surface area contributed by atoms with Crippen LogP contribution in [0.4, 0.5) is 0 Å². The van der Waals surface area contributed by atoms with Gasteiger partial charge >= 0.3 is 0 Å². The first-order valence-electron chi connectivity index (χ1n) is 7.09. The molecule has 2 aliphatic rings. The van der Waals surface area contributed by atoms with Crippen LogP contribution >= 0.6 is 0 Å². The van der Waals surface area contributed by atoms with Gasteiger partial charge in [0.05, 0.1) is 17.6 Å². The number of rotatable bonds is 3. The van der Waals surface area contributed by atoms with Gasteiger partial charge in [-0.15, -0.1) is 0 Å². The lowest BCUT2D eigenvalue weighted by Gasteiger charge is -2.10. The summed E-state index contributed by atoms with van der Waals surface area (Å²) in [6.45, 7) is 0.589. The molecule has 0 amide bonds. The number of aromatic nitrogens is 2. The zero-order valence-electron chi connectivity index (χ0n) is 11.1. The lowest BCUT2D eigenvalue weighted by atomic mass is 9.95. The highest BCUT2D eigenvalue weighted by atomic mass is 16.5. The molecule has 1 aromatic carbocycles. The van der Waals surface area contributed by atoms with Crippen LogP contribution in [-0.2, 0) is 5.41 Å². The largest absolute Gasteiger partial charge is 0.392 e. The molecule has 1 saturated carbocycles. The molecule has 2 aromatic rings. The predicted molar refractivity (Wildman–Crippen MR) is 72.1 cm³/mol. The van der Waals surface area contributed by atoms with E-state index in [0.717, 1.165) is 18.7 Å². The minimum Gasteiger partial charge on any atom is -0.392 e. The van der Waals surface area contributed by atoms with Gasteiger partial charge in [0.1, 0.15) is 0 Å². The van der Waals surface area contributed by atoms with E-state index in [-0.39, 0.29) is 17.6 Å². The molecule has 1 aliphatic carbocycles. The Balaban J connectivity index is 1.62. The Hall–Kier alpha value is -1.72. The molecule has 1 aliphatic heterocycles. The molecular formula is C15H17N3O2. The molecule has 1 saturated heterocycles. The van der Waals surface area contributed by atoms with Gasteiger partial charge in [0.25, 0.3) is 0 Å². The number of nitrogens with zero attached hydrogens (tertiary/aromatic N) is 2. The van der Waals surface area contributed by atoms with E-state index >= 15 is 0 Å². The standard InChI is InChI=1S/C15H17N3O2/c19-11-8-12(16-9-11)13-17-14(18-20-13)15(6-7-15)10-4-2-1-3-5-10/h1-5,11-12,16,19H,6-9H2/t11-,12-/m1/s1. The van der Waals surface area contributed by atoms with Gasteiger partial charge in [-0.25, -0.2) is 0 Å². The van der Waals surface area contributed by atoms with E-state index in [2.05, 4.69) is 27.6 Å². The van der Waals surface area contributed by atoms with Gasteiger partial charge < -0.3 is 14.9 Å². The van der Waals surface area contributed by atoms with Crippen molar-refractivity contribution in [2.75, 3.05) is 6.54 Å². The lowest BCUT2D eigenvalue weighted by Crippen LogP contribution is -2.15. The van der Waals surface area contributed by atoms with E-state index < -0.39 is 0 Å². The van der Waals surface area contributed by atoms with Crippen molar-refractivity contribution < 1.29 is 9.63 Å². The number of aliphatic hydroxyl groups excluding tert-OH is 1. The highest BCUT2D eigenvalue weighted by Crippen LogP contribution is 2.52. The maximum absolute atomic E-state index is 9.57. The Kier molecular flexibility index (Phi) is 2.65. The highest BCUT2D eigenvalue weighted by Gasteiger charge is 2.50. The van der Waals surface area contributed by atoms with Crippen LogP contribution in [0.2, 0.25) is 0 Å². The van der Waals surface area contributed by atoms with Gasteiger partial charge in [-0.1, -0.05) is 35.5 Å². The van der Waals surface area contributed by atoms with E-state index in [1.165, 1.54) is 5.56 Å². The van der Waals surface area contributed by atoms with Crippen LogP contribution in [0.1, 0.15) is 42.6 Å². The third-order valence-corrected chi connectivity index (χ3v) is 4.35. The van der Waals surface area contributed by atoms with Crippen molar-refractivity contribution in [2.24, 2.45) is 0 Å². The molecule has 2 N–H and O–H groups in total. The fourth-order valence-electron chi connectivity index (χ4n) is 3.00. The quantitative estimate of drug-likeness (QED) is 0.886. The Morgan fingerprint density at radius 1 is 1.25 bits per heavy atom. The Morgan fingerprint density at radius 3 is 2.70 bits per heavy atom. The van der Waals surface area contributed by atoms with Crippen molar-refractivity contribution in [1.29, 1.82) is 0 Å². The molecule has 4 rings (SSSR count). The second-order valence-electron chi connectivity index (χ2n) is 5.75. The van der Waals surface area contributed by atoms with Gasteiger partial charge in [0.15, 0.2) is 5.82 Å². The van der Waals surface area contributed by atoms with Crippen LogP contribution in [0.3, 0.4) is 0 Å². The van der Waals surface area contributed by atoms with E-state index in [9.17, 15) is 5.11 Å². The van der Waals surface area contributed by atoms with Crippen LogP contribution in [-0.4, -0.2) is 27.9 Å². The van der Waals surface area contributed by atoms with Crippen molar-refractivity contribution in [3.05, 3.63) is 47.6 Å². The number of aliphatic hydroxyl groups is 1. The summed E-state index contributed by atoms with van der Waals surface area (Å²) in [6.07, 6.45) is 2.45. The average molecular weight is 271 g/mol. The van der Waals surface area contributed by atoms with Crippen LogP contribution in [0.25, 0.3) is 0 Å². The number of benzene rings is 1. The Labute approximate surface area is 117 Å². The third-order valence-electron chi connectivity index (χ3n) is 4.35. The summed E-state index contributed by atoms with van der Waals surface area (Å²) in [5.74, 6) is 1.38. The molecule has 0 radical (unpaired) electrons. The van der Waals surface area contributed by atoms with Crippen molar-refractivity contribution >= 4 is 0 Å². The molecule has 20 heavy (non-hydrogen) atoms. The topological polar surface area (TPSA) is 71.2 Å². The van der Waals surface area contributed by atoms with Gasteiger partial charge in [-0.3, -0.25) is 0 Å². The molecule has 104 valence electrons. The second kappa shape index (κ2) is 4.40. The first-order chi connectivity index (χ1) is 9.78. The van der Waals surface area contributed by atoms with Crippen LogP contribution < -0.4 is 5.32 Å². The van der Waals surface area contributed by atoms with Gasteiger partial charge in [-0.05, 0) is 24.8 Å². The molecule has 0 unspecified atom stereocenters. The first-order valence-corrected chi connectivity index (χ1v) is 7.09. The van der Waals surface area contributed by atoms with Gasteiger partial charge in [-0.2, -0.15) is 4.98 Å². The Bertz CT molecular complexity index is 607. The average Bonchev–Trinajstić information content (AvgIpc) is 2.93. The molecule has 2 fully saturated rings. The number of hydrogen-bond donors (Lipinski definition) is 2. The van der Waals surface area contributed by atoms with Crippen LogP contribution in [0.15, 0.2) is 34.9 Å². The zero-order chi connectivity index (χ0) is 13.6. The lowest BCUT2D eigenvalue weighted by molar-refractivity contribution is 0.191. The molecule has 5 nitrogen and oxygen atoms in total. The minimum atomic E-state index is -0.320. The second-order valence-corrected chi connectivity index (χ2v) is 5.75. The normalized spacial score (nSPS) is 27.6. The van der Waals surface area contributed by atoms with E-state index in [0.29, 0.717) is 18.9 Å². The fraction of sp³-hybridized carbons (Fsp3) is 0.467. The smallest absolute Gasteiger partial charge is 0.243 e. The van der Waals surface area contributed by atoms with Gasteiger partial charge in [0.2, 0.25) is 5.89 Å². The fourth-order valence-corrected chi connectivity index (χ4v) is 3.00. The summed E-state index contributed by atoms with van der Waals surface area (Å²) in [5.41, 5.74) is 1.20. The molecule has 2 heterocycles. The summed E-state index contributed by atoms with van der Waals surface area (Å²) in [5, 5.41) is 17.0. The zero-order valence-corrected chi connectivity index (χ0v) is 11.1. The molecular weight excluding hydrogens is 254 g/mol. The summed E-state index contributed by atoms with van der Waals surface area (Å²) in [4.78, 5) is 4.59. The van der Waals surface area contributed by atoms with Crippen molar-refractivity contribution in [2.45, 2.75) is 36.8 Å². The van der Waals surface area contributed by atoms with Crippen LogP contribution in [0.5, 0.6) is 0 Å². The molecule has 1 aromatic heterocycles. The van der Waals surface area contributed by atoms with E-state index in [1.807, 2.05) is 18.2 Å². The van der Waals surface area contributed by atoms with E-state index in [4.69, 9.17) is 4.52 Å². The first kappa shape index (κ1) is 12.1. The summed E-state index contributed by atoms with van der Waals surface area (Å²) in [6, 6.07) is 10.3. The third kappa shape index (κ3) is 1.85. The monoisotopic (exact) mass is 271 g/mol. The Morgan fingerprint density at radius 2 is 2.05 bits per heavy atom. The maximum atomic E-state index is 9.57. The predicted octanol–water partition coefficient (Wildman–Crippen LogP) is 1.54. The highest BCUT2D eigenvalue weighted by molar-refractivity contribution is 5.38. The van der Waals surface area contributed by atoms with Crippen molar-refractivity contribution in [3.8, 4) is 0 Å². The molecule has 0 bridgehead atoms. The molecule has 5 heteroatoms. The van der Waals surface area contributed by atoms with E-state index in [1.54, 1.807) is 0 Å². The summed E-state index contributed by atoms with van der Waals surface area (Å²) < 4.78 is 5.41. The maximum Gasteiger partial charge on any atom is 0.243 e. The van der Waals surface area contributed by atoms with Gasteiger partial charge in [0, 0.05) is 6.54 Å². The summed E-state index contributed by atoms with van der Waals surface area (Å²) >= 11 is 0. The van der Waals surface area contributed by atoms with Crippen molar-refractivity contribution in [1.82, 2.24) is 15.5 Å². The molecule has 0 spiro atoms. The van der Waals surface area contributed by atoms with Crippen molar-refractivity contribution in [3.63, 3.8) is 0 Å². The van der Waals surface area contributed by atoms with Crippen LogP contribution in [0, 0.1) is 0 Å². The minimum absolute atomic E-state index is 0.0159. The molecule has 2 atom stereocenters. The summed E-state index contributed by atoms with van der Waals surface area (Å²) in [7, 11) is 0. The number of hydrogen-bond acceptors (Lipinski definition) is 5.